The van der Waals surface area contributed by atoms with Crippen molar-refractivity contribution in [1.82, 2.24) is 4.90 Å². The molecule has 3 rings (SSSR count). The summed E-state index contributed by atoms with van der Waals surface area (Å²) in [5, 5.41) is 38.7. The van der Waals surface area contributed by atoms with Gasteiger partial charge in [0.05, 0.1) is 0 Å². The highest BCUT2D eigenvalue weighted by Gasteiger charge is 2.35. The normalized spacial score (nSPS) is 21.3. The maximum Gasteiger partial charge on any atom is 0.204 e. The molecular weight excluding hydrogens is 246 g/mol. The van der Waals surface area contributed by atoms with Gasteiger partial charge in [-0.3, -0.25) is 4.90 Å². The van der Waals surface area contributed by atoms with Crippen molar-refractivity contribution in [2.75, 3.05) is 6.54 Å². The van der Waals surface area contributed by atoms with Crippen LogP contribution in [0.2, 0.25) is 0 Å². The molecule has 19 heavy (non-hydrogen) atoms. The second-order valence-corrected chi connectivity index (χ2v) is 4.82. The molecular formula is C14H21NO4. The van der Waals surface area contributed by atoms with Gasteiger partial charge in [-0.05, 0) is 25.8 Å². The molecule has 0 aliphatic carbocycles. The lowest BCUT2D eigenvalue weighted by molar-refractivity contribution is 0.217. The van der Waals surface area contributed by atoms with Crippen molar-refractivity contribution in [1.29, 1.82) is 0 Å². The molecule has 0 amide bonds. The van der Waals surface area contributed by atoms with Gasteiger partial charge >= 0.3 is 0 Å². The Hall–Kier alpha value is -1.62. The molecule has 0 aromatic heterocycles. The molecule has 2 aliphatic rings. The van der Waals surface area contributed by atoms with E-state index >= 15 is 0 Å². The number of hydrogen-bond acceptors (Lipinski definition) is 5. The molecule has 5 heteroatoms. The molecule has 5 nitrogen and oxygen atoms in total. The fourth-order valence-corrected chi connectivity index (χ4v) is 2.96. The Balaban J connectivity index is 0.000000637. The van der Waals surface area contributed by atoms with Gasteiger partial charge < -0.3 is 20.4 Å². The van der Waals surface area contributed by atoms with Gasteiger partial charge in [-0.1, -0.05) is 13.8 Å². The third-order valence-electron chi connectivity index (χ3n) is 3.91. The molecule has 0 bridgehead atoms. The highest BCUT2D eigenvalue weighted by molar-refractivity contribution is 5.65. The van der Waals surface area contributed by atoms with Gasteiger partial charge in [-0.25, -0.2) is 0 Å². The Morgan fingerprint density at radius 3 is 2.11 bits per heavy atom. The van der Waals surface area contributed by atoms with Crippen LogP contribution in [0.15, 0.2) is 0 Å². The van der Waals surface area contributed by atoms with Gasteiger partial charge in [0.1, 0.15) is 0 Å². The number of rotatable bonds is 0. The lowest BCUT2D eigenvalue weighted by atomic mass is 9.92. The fourth-order valence-electron chi connectivity index (χ4n) is 2.96. The zero-order chi connectivity index (χ0) is 14.2. The van der Waals surface area contributed by atoms with Crippen molar-refractivity contribution in [3.05, 3.63) is 11.1 Å². The van der Waals surface area contributed by atoms with E-state index in [0.29, 0.717) is 30.1 Å². The SMILES string of the molecule is CC.Oc1c(O)c(O)c2c(c1O)CC1CCCN1C2. The summed E-state index contributed by atoms with van der Waals surface area (Å²) >= 11 is 0. The predicted octanol–water partition coefficient (Wildman–Crippen LogP) is 2.06. The Kier molecular flexibility index (Phi) is 3.75. The van der Waals surface area contributed by atoms with Crippen molar-refractivity contribution in [3.63, 3.8) is 0 Å². The molecule has 2 aliphatic heterocycles. The van der Waals surface area contributed by atoms with Gasteiger partial charge in [-0.15, -0.1) is 0 Å². The van der Waals surface area contributed by atoms with E-state index in [0.717, 1.165) is 19.4 Å². The molecule has 1 fully saturated rings. The van der Waals surface area contributed by atoms with E-state index in [1.807, 2.05) is 13.8 Å². The van der Waals surface area contributed by atoms with E-state index in [2.05, 4.69) is 4.90 Å². The summed E-state index contributed by atoms with van der Waals surface area (Å²) in [6, 6.07) is 0.372. The summed E-state index contributed by atoms with van der Waals surface area (Å²) in [5.74, 6) is -1.84. The van der Waals surface area contributed by atoms with Crippen LogP contribution in [0, 0.1) is 0 Å². The number of phenolic OH excluding ortho intramolecular Hbond substituents is 4. The maximum atomic E-state index is 9.83. The van der Waals surface area contributed by atoms with E-state index in [-0.39, 0.29) is 11.5 Å². The molecule has 1 aromatic rings. The first kappa shape index (κ1) is 13.8. The molecule has 106 valence electrons. The number of phenols is 4. The van der Waals surface area contributed by atoms with E-state index < -0.39 is 11.5 Å². The van der Waals surface area contributed by atoms with Gasteiger partial charge in [0.2, 0.25) is 11.5 Å². The average molecular weight is 267 g/mol. The Morgan fingerprint density at radius 2 is 1.47 bits per heavy atom. The van der Waals surface area contributed by atoms with Crippen LogP contribution in [0.1, 0.15) is 37.8 Å². The molecule has 1 unspecified atom stereocenters. The first-order chi connectivity index (χ1) is 9.09. The number of aromatic hydroxyl groups is 4. The fraction of sp³-hybridized carbons (Fsp3) is 0.571. The summed E-state index contributed by atoms with van der Waals surface area (Å²) in [6.45, 7) is 5.50. The first-order valence-electron chi connectivity index (χ1n) is 6.81. The number of fused-ring (bicyclic) bond motifs is 2. The van der Waals surface area contributed by atoms with Gasteiger partial charge in [0.25, 0.3) is 0 Å². The van der Waals surface area contributed by atoms with Crippen LogP contribution >= 0.6 is 0 Å². The number of nitrogens with zero attached hydrogens (tertiary/aromatic N) is 1. The van der Waals surface area contributed by atoms with Crippen LogP contribution in [-0.4, -0.2) is 37.9 Å². The Morgan fingerprint density at radius 1 is 0.895 bits per heavy atom. The summed E-state index contributed by atoms with van der Waals surface area (Å²) in [4.78, 5) is 2.23. The highest BCUT2D eigenvalue weighted by atomic mass is 16.3. The summed E-state index contributed by atoms with van der Waals surface area (Å²) in [6.07, 6.45) is 2.79. The molecule has 1 saturated heterocycles. The molecule has 0 saturated carbocycles. The molecule has 1 atom stereocenters. The second kappa shape index (κ2) is 5.17. The molecule has 0 radical (unpaired) electrons. The van der Waals surface area contributed by atoms with E-state index in [9.17, 15) is 20.4 Å². The smallest absolute Gasteiger partial charge is 0.204 e. The number of hydrogen-bond donors (Lipinski definition) is 4. The van der Waals surface area contributed by atoms with E-state index in [1.54, 1.807) is 0 Å². The standard InChI is InChI=1S/C12H15NO4.C2H6/c14-9-7-4-6-2-1-3-13(6)5-8(7)10(15)12(17)11(9)16;1-2/h6,14-17H,1-5H2;1-2H3. The molecule has 1 aromatic carbocycles. The minimum absolute atomic E-state index is 0.290. The Labute approximate surface area is 112 Å². The predicted molar refractivity (Wildman–Crippen MR) is 71.6 cm³/mol. The van der Waals surface area contributed by atoms with Crippen molar-refractivity contribution in [2.45, 2.75) is 45.7 Å². The van der Waals surface area contributed by atoms with Crippen molar-refractivity contribution in [3.8, 4) is 23.0 Å². The highest BCUT2D eigenvalue weighted by Crippen LogP contribution is 2.50. The van der Waals surface area contributed by atoms with E-state index in [1.165, 1.54) is 0 Å². The van der Waals surface area contributed by atoms with Gasteiger partial charge in [-0.2, -0.15) is 0 Å². The van der Waals surface area contributed by atoms with Gasteiger partial charge in [0.15, 0.2) is 11.5 Å². The van der Waals surface area contributed by atoms with Crippen LogP contribution < -0.4 is 0 Å². The Bertz CT molecular complexity index is 444. The van der Waals surface area contributed by atoms with Crippen molar-refractivity contribution >= 4 is 0 Å². The molecule has 0 spiro atoms. The third-order valence-corrected chi connectivity index (χ3v) is 3.91. The monoisotopic (exact) mass is 267 g/mol. The van der Waals surface area contributed by atoms with Crippen LogP contribution in [0.3, 0.4) is 0 Å². The third kappa shape index (κ3) is 2.08. The van der Waals surface area contributed by atoms with Crippen molar-refractivity contribution < 1.29 is 20.4 Å². The minimum Gasteiger partial charge on any atom is -0.504 e. The zero-order valence-corrected chi connectivity index (χ0v) is 11.3. The maximum absolute atomic E-state index is 9.83. The summed E-state index contributed by atoms with van der Waals surface area (Å²) in [7, 11) is 0. The first-order valence-corrected chi connectivity index (χ1v) is 6.81. The second-order valence-electron chi connectivity index (χ2n) is 4.82. The van der Waals surface area contributed by atoms with Crippen LogP contribution in [-0.2, 0) is 13.0 Å². The van der Waals surface area contributed by atoms with Crippen molar-refractivity contribution in [2.24, 2.45) is 0 Å². The summed E-state index contributed by atoms with van der Waals surface area (Å²) < 4.78 is 0. The molecule has 4 N–H and O–H groups in total. The lowest BCUT2D eigenvalue weighted by Gasteiger charge is -2.32. The quantitative estimate of drug-likeness (QED) is 0.427. The summed E-state index contributed by atoms with van der Waals surface area (Å²) in [5.41, 5.74) is 1.11. The topological polar surface area (TPSA) is 84.2 Å². The van der Waals surface area contributed by atoms with Crippen LogP contribution in [0.5, 0.6) is 23.0 Å². The largest absolute Gasteiger partial charge is 0.504 e. The van der Waals surface area contributed by atoms with E-state index in [4.69, 9.17) is 0 Å². The van der Waals surface area contributed by atoms with Crippen LogP contribution in [0.4, 0.5) is 0 Å². The molecule has 2 heterocycles. The minimum atomic E-state index is -0.626. The number of benzene rings is 1. The van der Waals surface area contributed by atoms with Gasteiger partial charge in [0, 0.05) is 23.7 Å². The zero-order valence-electron chi connectivity index (χ0n) is 11.3. The lowest BCUT2D eigenvalue weighted by Crippen LogP contribution is -2.35. The van der Waals surface area contributed by atoms with Crippen LogP contribution in [0.25, 0.3) is 0 Å². The average Bonchev–Trinajstić information content (AvgIpc) is 2.90.